The molecule has 0 saturated heterocycles. The van der Waals surface area contributed by atoms with Gasteiger partial charge in [-0.15, -0.1) is 0 Å². The van der Waals surface area contributed by atoms with Crippen molar-refractivity contribution in [2.45, 2.75) is 44.9 Å². The maximum Gasteiger partial charge on any atom is 0.255 e. The molecule has 1 N–H and O–H groups in total. The highest BCUT2D eigenvalue weighted by Crippen LogP contribution is 2.43. The molecule has 0 aromatic heterocycles. The van der Waals surface area contributed by atoms with Crippen LogP contribution in [-0.2, 0) is 6.54 Å². The van der Waals surface area contributed by atoms with Crippen LogP contribution >= 0.6 is 0 Å². The third kappa shape index (κ3) is 3.47. The molecule has 1 saturated carbocycles. The van der Waals surface area contributed by atoms with E-state index >= 15 is 0 Å². The molecule has 1 aliphatic heterocycles. The van der Waals surface area contributed by atoms with Gasteiger partial charge in [0.2, 0.25) is 0 Å². The van der Waals surface area contributed by atoms with Gasteiger partial charge in [-0.1, -0.05) is 30.4 Å². The zero-order chi connectivity index (χ0) is 20.1. The molecule has 2 aromatic rings. The van der Waals surface area contributed by atoms with E-state index in [4.69, 9.17) is 0 Å². The van der Waals surface area contributed by atoms with Crippen molar-refractivity contribution in [3.8, 4) is 0 Å². The van der Waals surface area contributed by atoms with E-state index in [1.807, 2.05) is 18.2 Å². The molecule has 28 heavy (non-hydrogen) atoms. The fourth-order valence-electron chi connectivity index (χ4n) is 4.22. The molecule has 2 aromatic carbocycles. The minimum absolute atomic E-state index is 0.103. The van der Waals surface area contributed by atoms with Crippen LogP contribution in [0.15, 0.2) is 36.4 Å². The van der Waals surface area contributed by atoms with Gasteiger partial charge in [0.1, 0.15) is 11.6 Å². The van der Waals surface area contributed by atoms with E-state index in [9.17, 15) is 18.7 Å². The number of halogens is 2. The van der Waals surface area contributed by atoms with Gasteiger partial charge in [0.05, 0.1) is 17.2 Å². The molecule has 1 fully saturated rings. The summed E-state index contributed by atoms with van der Waals surface area (Å²) in [7, 11) is 0. The van der Waals surface area contributed by atoms with E-state index in [2.05, 4.69) is 0 Å². The van der Waals surface area contributed by atoms with E-state index in [1.165, 1.54) is 12.1 Å². The molecule has 1 unspecified atom stereocenters. The minimum Gasteiger partial charge on any atom is -0.388 e. The Morgan fingerprint density at radius 1 is 1.14 bits per heavy atom. The van der Waals surface area contributed by atoms with Crippen LogP contribution in [0.1, 0.15) is 53.7 Å². The Kier molecular flexibility index (Phi) is 4.58. The third-order valence-corrected chi connectivity index (χ3v) is 5.53. The van der Waals surface area contributed by atoms with Gasteiger partial charge in [-0.3, -0.25) is 4.79 Å². The van der Waals surface area contributed by atoms with Crippen molar-refractivity contribution >= 4 is 18.1 Å². The van der Waals surface area contributed by atoms with E-state index in [0.717, 1.165) is 24.5 Å². The normalized spacial score (nSPS) is 18.0. The fourth-order valence-corrected chi connectivity index (χ4v) is 4.22. The average molecular weight is 383 g/mol. The number of rotatable bonds is 5. The minimum atomic E-state index is -0.980. The third-order valence-electron chi connectivity index (χ3n) is 5.53. The predicted octanol–water partition coefficient (Wildman–Crippen LogP) is 4.64. The number of carbonyl (C=O) groups is 1. The highest BCUT2D eigenvalue weighted by molar-refractivity contribution is 6.02. The maximum atomic E-state index is 13.9. The largest absolute Gasteiger partial charge is 0.388 e. The van der Waals surface area contributed by atoms with E-state index in [-0.39, 0.29) is 17.5 Å². The van der Waals surface area contributed by atoms with Crippen molar-refractivity contribution in [1.82, 2.24) is 4.90 Å². The van der Waals surface area contributed by atoms with Crippen LogP contribution in [0.25, 0.3) is 12.2 Å². The first kappa shape index (κ1) is 18.8. The van der Waals surface area contributed by atoms with Crippen molar-refractivity contribution in [2.75, 3.05) is 0 Å². The van der Waals surface area contributed by atoms with Crippen LogP contribution in [0.2, 0.25) is 0 Å². The fraction of sp³-hybridized carbons (Fsp3) is 0.348. The second-order valence-electron chi connectivity index (χ2n) is 8.25. The SMILES string of the molecule is CC(C)(O)C(C1CC1)N1Cc2cccc(C=Cc3ccc(F)cc3F)c2C1=O. The maximum absolute atomic E-state index is 13.9. The summed E-state index contributed by atoms with van der Waals surface area (Å²) in [5.41, 5.74) is 1.47. The van der Waals surface area contributed by atoms with Crippen LogP contribution in [0.5, 0.6) is 0 Å². The number of benzene rings is 2. The van der Waals surface area contributed by atoms with Gasteiger partial charge in [0.25, 0.3) is 5.91 Å². The molecule has 0 spiro atoms. The Balaban J connectivity index is 1.66. The topological polar surface area (TPSA) is 40.5 Å². The first-order valence-corrected chi connectivity index (χ1v) is 9.54. The second-order valence-corrected chi connectivity index (χ2v) is 8.25. The number of hydrogen-bond acceptors (Lipinski definition) is 2. The van der Waals surface area contributed by atoms with Gasteiger partial charge in [-0.2, -0.15) is 0 Å². The monoisotopic (exact) mass is 383 g/mol. The van der Waals surface area contributed by atoms with Crippen molar-refractivity contribution in [1.29, 1.82) is 0 Å². The first-order valence-electron chi connectivity index (χ1n) is 9.54. The quantitative estimate of drug-likeness (QED) is 0.764. The van der Waals surface area contributed by atoms with E-state index in [1.54, 1.807) is 30.9 Å². The molecular weight excluding hydrogens is 360 g/mol. The van der Waals surface area contributed by atoms with E-state index < -0.39 is 17.2 Å². The molecule has 1 aliphatic carbocycles. The van der Waals surface area contributed by atoms with Crippen molar-refractivity contribution in [2.24, 2.45) is 5.92 Å². The molecule has 2 aliphatic rings. The molecule has 146 valence electrons. The molecule has 1 atom stereocenters. The summed E-state index contributed by atoms with van der Waals surface area (Å²) in [5, 5.41) is 10.6. The number of nitrogens with zero attached hydrogens (tertiary/aromatic N) is 1. The summed E-state index contributed by atoms with van der Waals surface area (Å²) >= 11 is 0. The van der Waals surface area contributed by atoms with Gasteiger partial charge in [-0.05, 0) is 55.9 Å². The molecular formula is C23H23F2NO2. The van der Waals surface area contributed by atoms with Crippen molar-refractivity contribution in [3.05, 3.63) is 70.3 Å². The lowest BCUT2D eigenvalue weighted by Gasteiger charge is -2.37. The van der Waals surface area contributed by atoms with Crippen LogP contribution < -0.4 is 0 Å². The molecule has 0 bridgehead atoms. The van der Waals surface area contributed by atoms with Gasteiger partial charge < -0.3 is 10.0 Å². The standard InChI is InChI=1S/C23H23F2NO2/c1-23(2,28)21(16-8-9-16)26-13-17-5-3-4-15(20(17)22(26)27)7-6-14-10-11-18(24)12-19(14)25/h3-7,10-12,16,21,28H,8-9,13H2,1-2H3. The van der Waals surface area contributed by atoms with Crippen molar-refractivity contribution < 1.29 is 18.7 Å². The Morgan fingerprint density at radius 2 is 1.86 bits per heavy atom. The Labute approximate surface area is 163 Å². The summed E-state index contributed by atoms with van der Waals surface area (Å²) in [5.74, 6) is -1.05. The number of aliphatic hydroxyl groups is 1. The molecule has 0 radical (unpaired) electrons. The Hall–Kier alpha value is -2.53. The number of amides is 1. The average Bonchev–Trinajstić information content (AvgIpc) is 3.38. The van der Waals surface area contributed by atoms with E-state index in [0.29, 0.717) is 23.6 Å². The van der Waals surface area contributed by atoms with Crippen LogP contribution in [0.3, 0.4) is 0 Å². The number of fused-ring (bicyclic) bond motifs is 1. The van der Waals surface area contributed by atoms with Gasteiger partial charge in [-0.25, -0.2) is 8.78 Å². The van der Waals surface area contributed by atoms with Crippen LogP contribution in [0.4, 0.5) is 8.78 Å². The molecule has 3 nitrogen and oxygen atoms in total. The number of carbonyl (C=O) groups excluding carboxylic acids is 1. The summed E-state index contributed by atoms with van der Waals surface area (Å²) in [4.78, 5) is 15.0. The first-order chi connectivity index (χ1) is 13.3. The predicted molar refractivity (Wildman–Crippen MR) is 104 cm³/mol. The zero-order valence-corrected chi connectivity index (χ0v) is 16.0. The molecule has 5 heteroatoms. The highest BCUT2D eigenvalue weighted by Gasteiger charge is 2.48. The lowest BCUT2D eigenvalue weighted by Crippen LogP contribution is -2.51. The smallest absolute Gasteiger partial charge is 0.255 e. The van der Waals surface area contributed by atoms with Gasteiger partial charge >= 0.3 is 0 Å². The van der Waals surface area contributed by atoms with Crippen LogP contribution in [0, 0.1) is 17.6 Å². The molecule has 1 heterocycles. The van der Waals surface area contributed by atoms with Gasteiger partial charge in [0.15, 0.2) is 0 Å². The summed E-state index contributed by atoms with van der Waals surface area (Å²) < 4.78 is 27.0. The van der Waals surface area contributed by atoms with Crippen LogP contribution in [-0.4, -0.2) is 27.6 Å². The Morgan fingerprint density at radius 3 is 2.50 bits per heavy atom. The van der Waals surface area contributed by atoms with Crippen molar-refractivity contribution in [3.63, 3.8) is 0 Å². The van der Waals surface area contributed by atoms with Gasteiger partial charge in [0, 0.05) is 18.2 Å². The zero-order valence-electron chi connectivity index (χ0n) is 16.0. The highest BCUT2D eigenvalue weighted by atomic mass is 19.1. The molecule has 1 amide bonds. The Bertz CT molecular complexity index is 958. The summed E-state index contributed by atoms with van der Waals surface area (Å²) in [6, 6.07) is 8.78. The lowest BCUT2D eigenvalue weighted by molar-refractivity contribution is -0.0224. The number of hydrogen-bond donors (Lipinski definition) is 1. The summed E-state index contributed by atoms with van der Waals surface area (Å²) in [6.07, 6.45) is 5.28. The second kappa shape index (κ2) is 6.82. The lowest BCUT2D eigenvalue weighted by atomic mass is 9.93. The summed E-state index contributed by atoms with van der Waals surface area (Å²) in [6.45, 7) is 3.97. The molecule has 4 rings (SSSR count).